The molecule has 0 heterocycles. The largest absolute Gasteiger partial charge is 0.522 e. The monoisotopic (exact) mass is 307 g/mol. The molecule has 0 aliphatic carbocycles. The lowest BCUT2D eigenvalue weighted by atomic mass is 10.3. The van der Waals surface area contributed by atoms with E-state index in [-0.39, 0.29) is 0 Å². The van der Waals surface area contributed by atoms with E-state index in [4.69, 9.17) is 5.11 Å². The number of aliphatic carboxylic acids is 1. The molecule has 19 heavy (non-hydrogen) atoms. The summed E-state index contributed by atoms with van der Waals surface area (Å²) >= 11 is 0. The summed E-state index contributed by atoms with van der Waals surface area (Å²) in [7, 11) is -4.11. The molecule has 0 aromatic heterocycles. The van der Waals surface area contributed by atoms with E-state index in [9.17, 15) is 31.2 Å². The van der Waals surface area contributed by atoms with Gasteiger partial charge < -0.3 is 10.4 Å². The Bertz CT molecular complexity index is 432. The lowest BCUT2D eigenvalue weighted by Gasteiger charge is -2.13. The molecule has 0 rings (SSSR count). The third-order valence-corrected chi connectivity index (χ3v) is 3.39. The van der Waals surface area contributed by atoms with Crippen LogP contribution >= 0.6 is 0 Å². The van der Waals surface area contributed by atoms with Gasteiger partial charge in [-0.25, -0.2) is 13.2 Å². The Morgan fingerprint density at radius 3 is 2.26 bits per heavy atom. The van der Waals surface area contributed by atoms with Gasteiger partial charge in [-0.15, -0.1) is 13.2 Å². The summed E-state index contributed by atoms with van der Waals surface area (Å²) in [6.45, 7) is -0.159. The number of carboxylic acid groups (broad SMARTS) is 1. The Kier molecular flexibility index (Phi) is 6.22. The molecule has 1 atom stereocenters. The van der Waals surface area contributed by atoms with Crippen molar-refractivity contribution in [3.8, 4) is 0 Å². The number of ether oxygens (including phenoxy) is 1. The minimum atomic E-state index is -4.96. The highest BCUT2D eigenvalue weighted by molar-refractivity contribution is 7.91. The van der Waals surface area contributed by atoms with E-state index in [1.165, 1.54) is 0 Å². The Morgan fingerprint density at radius 1 is 1.37 bits per heavy atom. The SMILES string of the molecule is CC(=O)NC(CS(=O)(=O)CCOC(F)(F)F)C(=O)O. The summed E-state index contributed by atoms with van der Waals surface area (Å²) in [6.07, 6.45) is -4.96. The summed E-state index contributed by atoms with van der Waals surface area (Å²) in [5, 5.41) is 10.5. The van der Waals surface area contributed by atoms with Gasteiger partial charge in [0.05, 0.1) is 18.1 Å². The molecule has 0 saturated carbocycles. The van der Waals surface area contributed by atoms with E-state index >= 15 is 0 Å². The van der Waals surface area contributed by atoms with Gasteiger partial charge in [-0.05, 0) is 0 Å². The van der Waals surface area contributed by atoms with E-state index in [0.717, 1.165) is 6.92 Å². The fourth-order valence-electron chi connectivity index (χ4n) is 1.04. The van der Waals surface area contributed by atoms with E-state index in [1.807, 2.05) is 5.32 Å². The number of halogens is 3. The van der Waals surface area contributed by atoms with Crippen molar-refractivity contribution in [3.05, 3.63) is 0 Å². The van der Waals surface area contributed by atoms with Crippen LogP contribution in [0.1, 0.15) is 6.92 Å². The van der Waals surface area contributed by atoms with Crippen LogP contribution in [0.2, 0.25) is 0 Å². The predicted molar refractivity (Wildman–Crippen MR) is 55.9 cm³/mol. The van der Waals surface area contributed by atoms with Crippen LogP contribution in [0.25, 0.3) is 0 Å². The summed E-state index contributed by atoms with van der Waals surface area (Å²) in [5.41, 5.74) is 0. The van der Waals surface area contributed by atoms with Gasteiger partial charge in [0.15, 0.2) is 9.84 Å². The average molecular weight is 307 g/mol. The first-order valence-electron chi connectivity index (χ1n) is 4.84. The molecule has 0 aromatic carbocycles. The molecule has 0 aromatic rings. The Hall–Kier alpha value is -1.36. The minimum absolute atomic E-state index is 0.769. The highest BCUT2D eigenvalue weighted by Crippen LogP contribution is 2.15. The second-order valence-corrected chi connectivity index (χ2v) is 5.73. The maximum atomic E-state index is 11.6. The molecule has 0 radical (unpaired) electrons. The third kappa shape index (κ3) is 9.25. The second kappa shape index (κ2) is 6.70. The van der Waals surface area contributed by atoms with Crippen molar-refractivity contribution in [2.24, 2.45) is 0 Å². The molecule has 0 bridgehead atoms. The molecular weight excluding hydrogens is 295 g/mol. The molecule has 11 heteroatoms. The zero-order chi connectivity index (χ0) is 15.3. The van der Waals surface area contributed by atoms with Gasteiger partial charge in [-0.1, -0.05) is 0 Å². The lowest BCUT2D eigenvalue weighted by Crippen LogP contribution is -2.45. The second-order valence-electron chi connectivity index (χ2n) is 3.50. The van der Waals surface area contributed by atoms with Crippen LogP contribution in [0.15, 0.2) is 0 Å². The van der Waals surface area contributed by atoms with Crippen LogP contribution in [0, 0.1) is 0 Å². The summed E-state index contributed by atoms with van der Waals surface area (Å²) < 4.78 is 60.9. The molecular formula is C8H12F3NO6S. The molecule has 0 fully saturated rings. The number of carbonyl (C=O) groups is 2. The van der Waals surface area contributed by atoms with Crippen molar-refractivity contribution < 1.29 is 41.0 Å². The van der Waals surface area contributed by atoms with Gasteiger partial charge in [-0.3, -0.25) is 9.53 Å². The Balaban J connectivity index is 4.48. The van der Waals surface area contributed by atoms with Gasteiger partial charge in [0, 0.05) is 6.92 Å². The van der Waals surface area contributed by atoms with Crippen LogP contribution < -0.4 is 5.32 Å². The molecule has 0 aliphatic rings. The Morgan fingerprint density at radius 2 is 1.89 bits per heavy atom. The number of hydrogen-bond donors (Lipinski definition) is 2. The first kappa shape index (κ1) is 17.6. The van der Waals surface area contributed by atoms with Crippen LogP contribution in [-0.2, 0) is 24.2 Å². The van der Waals surface area contributed by atoms with Crippen molar-refractivity contribution >= 4 is 21.7 Å². The zero-order valence-corrected chi connectivity index (χ0v) is 10.5. The Labute approximate surface area is 106 Å². The van der Waals surface area contributed by atoms with Gasteiger partial charge in [-0.2, -0.15) is 0 Å². The van der Waals surface area contributed by atoms with Gasteiger partial charge in [0.25, 0.3) is 0 Å². The fourth-order valence-corrected chi connectivity index (χ4v) is 2.28. The molecule has 1 unspecified atom stereocenters. The van der Waals surface area contributed by atoms with Crippen LogP contribution in [0.5, 0.6) is 0 Å². The van der Waals surface area contributed by atoms with E-state index in [1.54, 1.807) is 0 Å². The number of carbonyl (C=O) groups excluding carboxylic acids is 1. The zero-order valence-electron chi connectivity index (χ0n) is 9.73. The maximum Gasteiger partial charge on any atom is 0.522 e. The van der Waals surface area contributed by atoms with Crippen molar-refractivity contribution in [1.29, 1.82) is 0 Å². The molecule has 0 aliphatic heterocycles. The highest BCUT2D eigenvalue weighted by atomic mass is 32.2. The molecule has 1 amide bonds. The third-order valence-electron chi connectivity index (χ3n) is 1.76. The van der Waals surface area contributed by atoms with Crippen LogP contribution in [0.3, 0.4) is 0 Å². The van der Waals surface area contributed by atoms with E-state index in [0.29, 0.717) is 0 Å². The van der Waals surface area contributed by atoms with Gasteiger partial charge in [0.1, 0.15) is 6.04 Å². The molecule has 0 spiro atoms. The number of sulfone groups is 1. The molecule has 112 valence electrons. The van der Waals surface area contributed by atoms with Crippen molar-refractivity contribution in [2.75, 3.05) is 18.1 Å². The van der Waals surface area contributed by atoms with E-state index in [2.05, 4.69) is 4.74 Å². The number of amides is 1. The number of carboxylic acids is 1. The molecule has 7 nitrogen and oxygen atoms in total. The average Bonchev–Trinajstić information content (AvgIpc) is 2.12. The number of alkyl halides is 3. The highest BCUT2D eigenvalue weighted by Gasteiger charge is 2.31. The topological polar surface area (TPSA) is 110 Å². The normalized spacial score (nSPS) is 13.9. The van der Waals surface area contributed by atoms with Crippen LogP contribution in [0.4, 0.5) is 13.2 Å². The quantitative estimate of drug-likeness (QED) is 0.658. The number of nitrogens with one attached hydrogen (secondary N) is 1. The number of hydrogen-bond acceptors (Lipinski definition) is 5. The lowest BCUT2D eigenvalue weighted by molar-refractivity contribution is -0.322. The van der Waals surface area contributed by atoms with E-state index < -0.39 is 52.2 Å². The van der Waals surface area contributed by atoms with Crippen LogP contribution in [-0.4, -0.2) is 55.9 Å². The van der Waals surface area contributed by atoms with Crippen molar-refractivity contribution in [1.82, 2.24) is 5.32 Å². The van der Waals surface area contributed by atoms with Gasteiger partial charge in [0.2, 0.25) is 5.91 Å². The van der Waals surface area contributed by atoms with Crippen molar-refractivity contribution in [2.45, 2.75) is 19.3 Å². The summed E-state index contributed by atoms with van der Waals surface area (Å²) in [4.78, 5) is 21.3. The standard InChI is InChI=1S/C8H12F3NO6S/c1-5(13)12-6(7(14)15)4-19(16,17)3-2-18-8(9,10)11/h6H,2-4H2,1H3,(H,12,13)(H,14,15). The first-order valence-corrected chi connectivity index (χ1v) is 6.66. The smallest absolute Gasteiger partial charge is 0.480 e. The predicted octanol–water partition coefficient (Wildman–Crippen LogP) is -0.473. The summed E-state index contributed by atoms with van der Waals surface area (Å²) in [6, 6.07) is -1.71. The number of rotatable bonds is 7. The molecule has 2 N–H and O–H groups in total. The molecule has 0 saturated heterocycles. The van der Waals surface area contributed by atoms with Crippen molar-refractivity contribution in [3.63, 3.8) is 0 Å². The maximum absolute atomic E-state index is 11.6. The van der Waals surface area contributed by atoms with Gasteiger partial charge >= 0.3 is 12.3 Å². The minimum Gasteiger partial charge on any atom is -0.480 e. The fraction of sp³-hybridized carbons (Fsp3) is 0.750. The first-order chi connectivity index (χ1) is 8.43. The summed E-state index contributed by atoms with van der Waals surface area (Å²) in [5.74, 6) is -4.39.